The van der Waals surface area contributed by atoms with Gasteiger partial charge in [-0.25, -0.2) is 28.7 Å². The van der Waals surface area contributed by atoms with Gasteiger partial charge in [0.2, 0.25) is 10.6 Å². The van der Waals surface area contributed by atoms with Crippen LogP contribution in [0.3, 0.4) is 0 Å². The highest BCUT2D eigenvalue weighted by molar-refractivity contribution is 6.38. The maximum atomic E-state index is 12.6. The van der Waals surface area contributed by atoms with Gasteiger partial charge in [0.1, 0.15) is 11.3 Å². The molecule has 0 bridgehead atoms. The molecule has 4 heterocycles. The molecule has 2 aromatic carbocycles. The number of rotatable bonds is 2. The molecule has 0 fully saturated rings. The zero-order chi connectivity index (χ0) is 31.2. The van der Waals surface area contributed by atoms with E-state index in [1.807, 2.05) is 0 Å². The highest BCUT2D eigenvalue weighted by Gasteiger charge is 2.18. The first kappa shape index (κ1) is 30.7. The third kappa shape index (κ3) is 5.65. The number of halogens is 6. The summed E-state index contributed by atoms with van der Waals surface area (Å²) >= 11 is 35.9. The Hall–Kier alpha value is -3.78. The van der Waals surface area contributed by atoms with Gasteiger partial charge in [-0.15, -0.1) is 0 Å². The molecule has 0 aliphatic carbocycles. The van der Waals surface area contributed by atoms with Crippen molar-refractivity contribution in [2.45, 2.75) is 0 Å². The smallest absolute Gasteiger partial charge is 0.355 e. The van der Waals surface area contributed by atoms with Gasteiger partial charge in [-0.2, -0.15) is 15.0 Å². The Balaban J connectivity index is 0.000000171. The van der Waals surface area contributed by atoms with E-state index in [9.17, 15) is 9.59 Å². The molecule has 0 aliphatic heterocycles. The molecule has 0 radical (unpaired) electrons. The Morgan fingerprint density at radius 1 is 0.721 bits per heavy atom. The van der Waals surface area contributed by atoms with E-state index in [2.05, 4.69) is 24.9 Å². The van der Waals surface area contributed by atoms with E-state index in [-0.39, 0.29) is 64.6 Å². The molecule has 12 nitrogen and oxygen atoms in total. The third-order valence-corrected chi connectivity index (χ3v) is 7.57. The van der Waals surface area contributed by atoms with Crippen molar-refractivity contribution >= 4 is 97.5 Å². The topological polar surface area (TPSA) is 163 Å². The first-order valence-electron chi connectivity index (χ1n) is 11.7. The highest BCUT2D eigenvalue weighted by atomic mass is 35.5. The van der Waals surface area contributed by atoms with Gasteiger partial charge in [0.25, 0.3) is 0 Å². The van der Waals surface area contributed by atoms with Gasteiger partial charge in [-0.3, -0.25) is 9.98 Å². The number of aryl methyl sites for hydroxylation is 1. The Morgan fingerprint density at radius 3 is 1.77 bits per heavy atom. The molecule has 0 unspecified atom stereocenters. The van der Waals surface area contributed by atoms with E-state index in [1.54, 1.807) is 36.4 Å². The highest BCUT2D eigenvalue weighted by Crippen LogP contribution is 2.30. The Bertz CT molecular complexity index is 2230. The number of nitrogens with one attached hydrogen (secondary N) is 1. The van der Waals surface area contributed by atoms with Crippen LogP contribution in [0.25, 0.3) is 33.4 Å². The number of nitrogens with zero attached hydrogens (tertiary/aromatic N) is 8. The summed E-state index contributed by atoms with van der Waals surface area (Å²) in [6, 6.07) is 9.70. The van der Waals surface area contributed by atoms with Crippen LogP contribution in [0.2, 0.25) is 30.7 Å². The minimum atomic E-state index is -0.662. The van der Waals surface area contributed by atoms with Gasteiger partial charge in [0.05, 0.1) is 42.2 Å². The minimum absolute atomic E-state index is 0.00424. The summed E-state index contributed by atoms with van der Waals surface area (Å²) in [6.45, 7) is 0. The van der Waals surface area contributed by atoms with Crippen LogP contribution in [0.5, 0.6) is 0 Å². The van der Waals surface area contributed by atoms with Gasteiger partial charge in [-0.05, 0) is 47.5 Å². The van der Waals surface area contributed by atoms with Gasteiger partial charge >= 0.3 is 11.4 Å². The lowest BCUT2D eigenvalue weighted by atomic mass is 10.3. The Morgan fingerprint density at radius 2 is 1.21 bits per heavy atom. The largest absolute Gasteiger partial charge is 0.384 e. The van der Waals surface area contributed by atoms with Crippen molar-refractivity contribution in [2.24, 2.45) is 7.05 Å². The summed E-state index contributed by atoms with van der Waals surface area (Å²) in [5.74, 6) is 0.0802. The molecule has 0 aliphatic rings. The summed E-state index contributed by atoms with van der Waals surface area (Å²) < 4.78 is 3.50. The fourth-order valence-electron chi connectivity index (χ4n) is 4.04. The zero-order valence-corrected chi connectivity index (χ0v) is 25.9. The van der Waals surface area contributed by atoms with Crippen molar-refractivity contribution in [1.82, 2.24) is 38.6 Å². The average Bonchev–Trinajstić information content (AvgIpc) is 2.95. The van der Waals surface area contributed by atoms with E-state index in [0.717, 1.165) is 9.13 Å². The first-order valence-corrected chi connectivity index (χ1v) is 14.0. The summed E-state index contributed by atoms with van der Waals surface area (Å²) in [5, 5.41) is 10.0. The van der Waals surface area contributed by atoms with Gasteiger partial charge < -0.3 is 5.73 Å². The molecule has 6 rings (SSSR count). The molecular formula is C25H14Cl6N10O2. The zero-order valence-electron chi connectivity index (χ0n) is 21.4. The molecule has 0 spiro atoms. The maximum absolute atomic E-state index is 12.6. The second-order valence-electron chi connectivity index (χ2n) is 8.53. The molecule has 0 amide bonds. The standard InChI is InChI=1S/C13H8Cl3N5O.C12H6Cl3N5O/c1-20-11-6(5-18-12(16)19-11)10(17)21(13(20)22)9-7(14)3-2-4-8(9)15;13-6-2-1-3-7(14)8(6)20-9(16)5-4-17-11(15)18-10(5)19-12(20)21/h2-5,17H,1H3;1-4H,16H2. The van der Waals surface area contributed by atoms with Crippen LogP contribution < -0.4 is 22.6 Å². The molecule has 43 heavy (non-hydrogen) atoms. The molecule has 0 atom stereocenters. The molecule has 0 saturated carbocycles. The normalized spacial score (nSPS) is 11.0. The number of nitrogen functional groups attached to an aromatic ring is 1. The predicted molar refractivity (Wildman–Crippen MR) is 167 cm³/mol. The lowest BCUT2D eigenvalue weighted by molar-refractivity contribution is 0.746. The van der Waals surface area contributed by atoms with E-state index < -0.39 is 11.4 Å². The van der Waals surface area contributed by atoms with Gasteiger partial charge in [0.15, 0.2) is 11.3 Å². The van der Waals surface area contributed by atoms with Crippen LogP contribution in [0.4, 0.5) is 5.82 Å². The number of hydrogen-bond acceptors (Lipinski definition) is 9. The second kappa shape index (κ2) is 12.1. The quantitative estimate of drug-likeness (QED) is 0.231. The first-order chi connectivity index (χ1) is 20.4. The molecule has 218 valence electrons. The summed E-state index contributed by atoms with van der Waals surface area (Å²) in [6.07, 6.45) is 2.77. The van der Waals surface area contributed by atoms with Crippen molar-refractivity contribution < 1.29 is 0 Å². The number of para-hydroxylation sites is 2. The number of benzene rings is 2. The van der Waals surface area contributed by atoms with Crippen LogP contribution >= 0.6 is 69.6 Å². The third-order valence-electron chi connectivity index (χ3n) is 5.99. The number of aromatic nitrogens is 8. The summed E-state index contributed by atoms with van der Waals surface area (Å²) in [7, 11) is 1.52. The molecule has 0 saturated heterocycles. The summed E-state index contributed by atoms with van der Waals surface area (Å²) in [5.41, 5.74) is 5.60. The van der Waals surface area contributed by atoms with Crippen molar-refractivity contribution in [3.63, 3.8) is 0 Å². The van der Waals surface area contributed by atoms with Gasteiger partial charge in [-0.1, -0.05) is 58.5 Å². The summed E-state index contributed by atoms with van der Waals surface area (Å²) in [4.78, 5) is 44.2. The molecule has 4 aromatic heterocycles. The number of anilines is 1. The monoisotopic (exact) mass is 696 g/mol. The van der Waals surface area contributed by atoms with E-state index in [4.69, 9.17) is 80.7 Å². The molecule has 6 aromatic rings. The van der Waals surface area contributed by atoms with Crippen molar-refractivity contribution in [3.8, 4) is 11.4 Å². The van der Waals surface area contributed by atoms with Crippen molar-refractivity contribution in [2.75, 3.05) is 5.73 Å². The lowest BCUT2D eigenvalue weighted by Crippen LogP contribution is -2.38. The van der Waals surface area contributed by atoms with Crippen molar-refractivity contribution in [3.05, 3.63) is 106 Å². The Labute approximate surface area is 270 Å². The van der Waals surface area contributed by atoms with Crippen LogP contribution in [0.15, 0.2) is 58.4 Å². The number of fused-ring (bicyclic) bond motifs is 2. The van der Waals surface area contributed by atoms with E-state index in [1.165, 1.54) is 24.0 Å². The molecule has 3 N–H and O–H groups in total. The Kier molecular flexibility index (Phi) is 8.61. The van der Waals surface area contributed by atoms with E-state index >= 15 is 0 Å². The minimum Gasteiger partial charge on any atom is -0.384 e. The fourth-order valence-corrected chi connectivity index (χ4v) is 5.43. The van der Waals surface area contributed by atoms with Crippen LogP contribution in [-0.4, -0.2) is 38.6 Å². The van der Waals surface area contributed by atoms with Crippen molar-refractivity contribution in [1.29, 1.82) is 5.41 Å². The molecular weight excluding hydrogens is 685 g/mol. The number of nitrogens with two attached hydrogens (primary N) is 1. The predicted octanol–water partition coefficient (Wildman–Crippen LogP) is 5.28. The lowest BCUT2D eigenvalue weighted by Gasteiger charge is -2.13. The number of hydrogen-bond donors (Lipinski definition) is 2. The van der Waals surface area contributed by atoms with Crippen LogP contribution in [-0.2, 0) is 7.05 Å². The fraction of sp³-hybridized carbons (Fsp3) is 0.0400. The van der Waals surface area contributed by atoms with Crippen LogP contribution in [0, 0.1) is 5.41 Å². The maximum Gasteiger partial charge on any atom is 0.355 e. The van der Waals surface area contributed by atoms with Crippen LogP contribution in [0.1, 0.15) is 0 Å². The average molecular weight is 699 g/mol. The SMILES string of the molecule is Cn1c(=O)n(-c2c(Cl)cccc2Cl)c(=N)c2cnc(Cl)nc21.Nc1c2cnc(Cl)nc2nc(=O)n1-c1c(Cl)cccc1Cl. The molecule has 18 heteroatoms. The second-order valence-corrected chi connectivity index (χ2v) is 10.8. The van der Waals surface area contributed by atoms with Gasteiger partial charge in [0, 0.05) is 19.4 Å². The van der Waals surface area contributed by atoms with E-state index in [0.29, 0.717) is 10.8 Å².